The Labute approximate surface area is 146 Å². The molecule has 0 saturated carbocycles. The summed E-state index contributed by atoms with van der Waals surface area (Å²) < 4.78 is 11.3. The van der Waals surface area contributed by atoms with Gasteiger partial charge in [-0.25, -0.2) is 0 Å². The Morgan fingerprint density at radius 2 is 2.04 bits per heavy atom. The Morgan fingerprint density at radius 3 is 2.83 bits per heavy atom. The molecular formula is C20H32N2O2. The molecule has 134 valence electrons. The maximum absolute atomic E-state index is 5.92. The first-order chi connectivity index (χ1) is 11.8. The van der Waals surface area contributed by atoms with Gasteiger partial charge in [0.2, 0.25) is 0 Å². The molecule has 1 aromatic rings. The van der Waals surface area contributed by atoms with Crippen LogP contribution < -0.4 is 4.74 Å². The van der Waals surface area contributed by atoms with Gasteiger partial charge in [0.1, 0.15) is 5.75 Å². The maximum Gasteiger partial charge on any atom is 0.119 e. The van der Waals surface area contributed by atoms with E-state index < -0.39 is 0 Å². The van der Waals surface area contributed by atoms with Gasteiger partial charge >= 0.3 is 0 Å². The van der Waals surface area contributed by atoms with E-state index in [1.54, 1.807) is 7.11 Å². The Balaban J connectivity index is 1.58. The highest BCUT2D eigenvalue weighted by Gasteiger charge is 2.27. The lowest BCUT2D eigenvalue weighted by molar-refractivity contribution is 0.108. The van der Waals surface area contributed by atoms with Crippen molar-refractivity contribution in [3.05, 3.63) is 29.8 Å². The van der Waals surface area contributed by atoms with Crippen molar-refractivity contribution >= 4 is 0 Å². The van der Waals surface area contributed by atoms with Crippen LogP contribution in [-0.4, -0.2) is 62.3 Å². The van der Waals surface area contributed by atoms with Crippen LogP contribution in [0.1, 0.15) is 31.7 Å². The zero-order chi connectivity index (χ0) is 16.8. The smallest absolute Gasteiger partial charge is 0.119 e. The number of hydrogen-bond acceptors (Lipinski definition) is 4. The van der Waals surface area contributed by atoms with Crippen molar-refractivity contribution in [3.8, 4) is 5.75 Å². The van der Waals surface area contributed by atoms with E-state index in [0.29, 0.717) is 12.0 Å². The van der Waals surface area contributed by atoms with E-state index in [9.17, 15) is 0 Å². The van der Waals surface area contributed by atoms with Crippen LogP contribution in [0.2, 0.25) is 0 Å². The van der Waals surface area contributed by atoms with Crippen LogP contribution >= 0.6 is 0 Å². The van der Waals surface area contributed by atoms with Crippen molar-refractivity contribution < 1.29 is 9.47 Å². The second-order valence-corrected chi connectivity index (χ2v) is 7.24. The van der Waals surface area contributed by atoms with Crippen LogP contribution in [0.15, 0.2) is 24.3 Å². The summed E-state index contributed by atoms with van der Waals surface area (Å²) in [6, 6.07) is 8.99. The third-order valence-electron chi connectivity index (χ3n) is 5.65. The Bertz CT molecular complexity index is 502. The van der Waals surface area contributed by atoms with Crippen molar-refractivity contribution in [1.82, 2.24) is 9.80 Å². The molecule has 2 saturated heterocycles. The molecule has 2 fully saturated rings. The SMILES string of the molecule is COc1cccc(CN2CCOC[C@@H](CCN3CCCC3)[C@@H]2C)c1. The van der Waals surface area contributed by atoms with Crippen molar-refractivity contribution in [2.75, 3.05) is 46.5 Å². The molecule has 2 atom stereocenters. The Morgan fingerprint density at radius 1 is 1.21 bits per heavy atom. The van der Waals surface area contributed by atoms with Crippen LogP contribution in [0.25, 0.3) is 0 Å². The van der Waals surface area contributed by atoms with Gasteiger partial charge in [0.05, 0.1) is 20.3 Å². The highest BCUT2D eigenvalue weighted by molar-refractivity contribution is 5.28. The predicted molar refractivity (Wildman–Crippen MR) is 97.5 cm³/mol. The minimum Gasteiger partial charge on any atom is -0.497 e. The van der Waals surface area contributed by atoms with Gasteiger partial charge in [0.15, 0.2) is 0 Å². The lowest BCUT2D eigenvalue weighted by Gasteiger charge is -2.32. The minimum absolute atomic E-state index is 0.557. The van der Waals surface area contributed by atoms with Gasteiger partial charge in [-0.1, -0.05) is 12.1 Å². The van der Waals surface area contributed by atoms with Crippen LogP contribution in [-0.2, 0) is 11.3 Å². The van der Waals surface area contributed by atoms with Crippen LogP contribution in [0.4, 0.5) is 0 Å². The molecule has 4 nitrogen and oxygen atoms in total. The quantitative estimate of drug-likeness (QED) is 0.799. The number of hydrogen-bond donors (Lipinski definition) is 0. The molecule has 0 radical (unpaired) electrons. The summed E-state index contributed by atoms with van der Waals surface area (Å²) in [7, 11) is 1.73. The molecule has 4 heteroatoms. The number of methoxy groups -OCH3 is 1. The molecule has 0 bridgehead atoms. The minimum atomic E-state index is 0.557. The van der Waals surface area contributed by atoms with E-state index >= 15 is 0 Å². The Kier molecular flexibility index (Phi) is 6.52. The number of ether oxygens (including phenoxy) is 2. The highest BCUT2D eigenvalue weighted by Crippen LogP contribution is 2.23. The number of likely N-dealkylation sites (tertiary alicyclic amines) is 1. The average molecular weight is 332 g/mol. The number of rotatable bonds is 6. The molecule has 2 aliphatic heterocycles. The van der Waals surface area contributed by atoms with E-state index in [0.717, 1.165) is 32.1 Å². The summed E-state index contributed by atoms with van der Waals surface area (Å²) in [4.78, 5) is 5.19. The molecule has 0 spiro atoms. The normalized spacial score (nSPS) is 26.4. The summed E-state index contributed by atoms with van der Waals surface area (Å²) in [5, 5.41) is 0. The van der Waals surface area contributed by atoms with Crippen molar-refractivity contribution in [2.45, 2.75) is 38.8 Å². The first-order valence-electron chi connectivity index (χ1n) is 9.43. The Hall–Kier alpha value is -1.10. The van der Waals surface area contributed by atoms with Gasteiger partial charge in [0, 0.05) is 19.1 Å². The van der Waals surface area contributed by atoms with E-state index in [4.69, 9.17) is 9.47 Å². The maximum atomic E-state index is 5.92. The third-order valence-corrected chi connectivity index (χ3v) is 5.65. The summed E-state index contributed by atoms with van der Waals surface area (Å²) in [5.41, 5.74) is 1.32. The third kappa shape index (κ3) is 4.71. The van der Waals surface area contributed by atoms with Crippen LogP contribution in [0.5, 0.6) is 5.75 Å². The molecule has 0 amide bonds. The fourth-order valence-corrected chi connectivity index (χ4v) is 3.97. The lowest BCUT2D eigenvalue weighted by Crippen LogP contribution is -2.39. The molecule has 24 heavy (non-hydrogen) atoms. The molecule has 3 rings (SSSR count). The predicted octanol–water partition coefficient (Wildman–Crippen LogP) is 3.02. The number of nitrogens with zero attached hydrogens (tertiary/aromatic N) is 2. The average Bonchev–Trinajstić information content (AvgIpc) is 3.07. The largest absolute Gasteiger partial charge is 0.497 e. The van der Waals surface area contributed by atoms with Gasteiger partial charge in [-0.05, 0) is 69.4 Å². The van der Waals surface area contributed by atoms with E-state index in [1.807, 2.05) is 6.07 Å². The van der Waals surface area contributed by atoms with Crippen molar-refractivity contribution in [1.29, 1.82) is 0 Å². The van der Waals surface area contributed by atoms with Crippen molar-refractivity contribution in [3.63, 3.8) is 0 Å². The topological polar surface area (TPSA) is 24.9 Å². The fourth-order valence-electron chi connectivity index (χ4n) is 3.97. The van der Waals surface area contributed by atoms with E-state index in [2.05, 4.69) is 34.9 Å². The standard InChI is InChI=1S/C20H32N2O2/c1-17-19(8-11-21-9-3-4-10-21)16-24-13-12-22(17)15-18-6-5-7-20(14-18)23-2/h5-7,14,17,19H,3-4,8-13,15-16H2,1-2H3/t17-,19+/m0/s1. The molecule has 2 heterocycles. The zero-order valence-electron chi connectivity index (χ0n) is 15.2. The second kappa shape index (κ2) is 8.84. The molecule has 0 unspecified atom stereocenters. The van der Waals surface area contributed by atoms with Gasteiger partial charge in [-0.15, -0.1) is 0 Å². The van der Waals surface area contributed by atoms with Gasteiger partial charge < -0.3 is 14.4 Å². The number of benzene rings is 1. The summed E-state index contributed by atoms with van der Waals surface area (Å²) in [5.74, 6) is 1.57. The monoisotopic (exact) mass is 332 g/mol. The molecule has 0 aromatic heterocycles. The molecule has 1 aromatic carbocycles. The van der Waals surface area contributed by atoms with Crippen molar-refractivity contribution in [2.24, 2.45) is 5.92 Å². The zero-order valence-corrected chi connectivity index (χ0v) is 15.2. The first kappa shape index (κ1) is 17.7. The fraction of sp³-hybridized carbons (Fsp3) is 0.700. The summed E-state index contributed by atoms with van der Waals surface area (Å²) >= 11 is 0. The second-order valence-electron chi connectivity index (χ2n) is 7.24. The van der Waals surface area contributed by atoms with Crippen LogP contribution in [0, 0.1) is 5.92 Å². The molecule has 0 aliphatic carbocycles. The van der Waals surface area contributed by atoms with Gasteiger partial charge in [-0.3, -0.25) is 4.90 Å². The van der Waals surface area contributed by atoms with E-state index in [-0.39, 0.29) is 0 Å². The summed E-state index contributed by atoms with van der Waals surface area (Å²) in [6.45, 7) is 9.92. The molecule has 2 aliphatic rings. The first-order valence-corrected chi connectivity index (χ1v) is 9.43. The van der Waals surface area contributed by atoms with Gasteiger partial charge in [-0.2, -0.15) is 0 Å². The van der Waals surface area contributed by atoms with E-state index in [1.165, 1.54) is 44.5 Å². The summed E-state index contributed by atoms with van der Waals surface area (Å²) in [6.07, 6.45) is 3.99. The van der Waals surface area contributed by atoms with Gasteiger partial charge in [0.25, 0.3) is 0 Å². The lowest BCUT2D eigenvalue weighted by atomic mass is 9.96. The molecular weight excluding hydrogens is 300 g/mol. The molecule has 0 N–H and O–H groups in total. The highest BCUT2D eigenvalue weighted by atomic mass is 16.5. The van der Waals surface area contributed by atoms with Crippen LogP contribution in [0.3, 0.4) is 0 Å².